The lowest BCUT2D eigenvalue weighted by Gasteiger charge is -2.24. The number of carbonyl (C=O) groups excluding carboxylic acids is 1. The number of amides is 1. The monoisotopic (exact) mass is 491 g/mol. The van der Waals surface area contributed by atoms with E-state index in [1.807, 2.05) is 49.4 Å². The third kappa shape index (κ3) is 5.96. The van der Waals surface area contributed by atoms with Gasteiger partial charge in [-0.15, -0.1) is 0 Å². The SMILES string of the molecule is CC(=O)N(C)C(C)COc1cccc2ncnc(Nc3ccc(OCc4ccccn4)c(Cl)c3)c12. The van der Waals surface area contributed by atoms with Crippen LogP contribution in [0.5, 0.6) is 11.5 Å². The van der Waals surface area contributed by atoms with Crippen LogP contribution in [0.4, 0.5) is 11.5 Å². The normalized spacial score (nSPS) is 11.7. The number of ether oxygens (including phenoxy) is 2. The van der Waals surface area contributed by atoms with Gasteiger partial charge in [-0.25, -0.2) is 9.97 Å². The van der Waals surface area contributed by atoms with E-state index in [2.05, 4.69) is 20.3 Å². The van der Waals surface area contributed by atoms with Gasteiger partial charge in [-0.05, 0) is 49.4 Å². The number of pyridine rings is 1. The van der Waals surface area contributed by atoms with E-state index in [1.165, 1.54) is 13.3 Å². The fraction of sp³-hybridized carbons (Fsp3) is 0.231. The first-order chi connectivity index (χ1) is 16.9. The van der Waals surface area contributed by atoms with Gasteiger partial charge in [0, 0.05) is 25.9 Å². The molecule has 1 unspecified atom stereocenters. The van der Waals surface area contributed by atoms with Crippen molar-refractivity contribution in [2.24, 2.45) is 0 Å². The molecular formula is C26H26ClN5O3. The number of benzene rings is 2. The van der Waals surface area contributed by atoms with Crippen LogP contribution in [0.1, 0.15) is 19.5 Å². The van der Waals surface area contributed by atoms with Gasteiger partial charge in [0.25, 0.3) is 0 Å². The molecule has 1 amide bonds. The summed E-state index contributed by atoms with van der Waals surface area (Å²) in [6.07, 6.45) is 3.21. The summed E-state index contributed by atoms with van der Waals surface area (Å²) in [5.41, 5.74) is 2.28. The number of nitrogens with one attached hydrogen (secondary N) is 1. The minimum absolute atomic E-state index is 0.0194. The third-order valence-corrected chi connectivity index (χ3v) is 5.85. The number of aromatic nitrogens is 3. The van der Waals surface area contributed by atoms with Gasteiger partial charge >= 0.3 is 0 Å². The first-order valence-corrected chi connectivity index (χ1v) is 11.5. The van der Waals surface area contributed by atoms with Crippen molar-refractivity contribution in [3.63, 3.8) is 0 Å². The predicted octanol–water partition coefficient (Wildman–Crippen LogP) is 5.25. The number of hydrogen-bond donors (Lipinski definition) is 1. The molecule has 0 fully saturated rings. The number of rotatable bonds is 9. The van der Waals surface area contributed by atoms with Crippen molar-refractivity contribution in [3.8, 4) is 11.5 Å². The van der Waals surface area contributed by atoms with Crippen molar-refractivity contribution in [3.05, 3.63) is 77.8 Å². The maximum Gasteiger partial charge on any atom is 0.219 e. The minimum Gasteiger partial charge on any atom is -0.491 e. The van der Waals surface area contributed by atoms with E-state index in [0.717, 1.165) is 22.3 Å². The van der Waals surface area contributed by atoms with Gasteiger partial charge in [0.2, 0.25) is 5.91 Å². The van der Waals surface area contributed by atoms with Crippen molar-refractivity contribution in [2.75, 3.05) is 19.0 Å². The Morgan fingerprint density at radius 3 is 2.66 bits per heavy atom. The summed E-state index contributed by atoms with van der Waals surface area (Å²) in [4.78, 5) is 26.3. The maximum atomic E-state index is 11.6. The topological polar surface area (TPSA) is 89.5 Å². The van der Waals surface area contributed by atoms with Gasteiger partial charge in [-0.2, -0.15) is 0 Å². The first kappa shape index (κ1) is 24.2. The zero-order chi connectivity index (χ0) is 24.8. The highest BCUT2D eigenvalue weighted by Crippen LogP contribution is 2.34. The summed E-state index contributed by atoms with van der Waals surface area (Å²) in [6.45, 7) is 4.12. The van der Waals surface area contributed by atoms with Crippen LogP contribution in [-0.2, 0) is 11.4 Å². The highest BCUT2D eigenvalue weighted by atomic mass is 35.5. The Kier molecular flexibility index (Phi) is 7.62. The number of likely N-dealkylation sites (N-methyl/N-ethyl adjacent to an activating group) is 1. The predicted molar refractivity (Wildman–Crippen MR) is 136 cm³/mol. The summed E-state index contributed by atoms with van der Waals surface area (Å²) < 4.78 is 11.9. The molecule has 35 heavy (non-hydrogen) atoms. The van der Waals surface area contributed by atoms with Gasteiger partial charge < -0.3 is 19.7 Å². The van der Waals surface area contributed by atoms with E-state index in [0.29, 0.717) is 35.6 Å². The fourth-order valence-electron chi connectivity index (χ4n) is 3.39. The van der Waals surface area contributed by atoms with Crippen LogP contribution in [0.3, 0.4) is 0 Å². The summed E-state index contributed by atoms with van der Waals surface area (Å²) in [5, 5.41) is 4.51. The van der Waals surface area contributed by atoms with E-state index in [-0.39, 0.29) is 11.9 Å². The van der Waals surface area contributed by atoms with Crippen LogP contribution >= 0.6 is 11.6 Å². The Hall–Kier alpha value is -3.91. The molecule has 0 saturated carbocycles. The molecule has 0 aliphatic carbocycles. The van der Waals surface area contributed by atoms with E-state index in [9.17, 15) is 4.79 Å². The summed E-state index contributed by atoms with van der Waals surface area (Å²) in [6, 6.07) is 16.6. The second kappa shape index (κ2) is 11.0. The number of nitrogens with zero attached hydrogens (tertiary/aromatic N) is 4. The average molecular weight is 492 g/mol. The molecule has 0 bridgehead atoms. The van der Waals surface area contributed by atoms with E-state index in [4.69, 9.17) is 21.1 Å². The van der Waals surface area contributed by atoms with E-state index < -0.39 is 0 Å². The van der Waals surface area contributed by atoms with Crippen molar-refractivity contribution in [1.82, 2.24) is 19.9 Å². The average Bonchev–Trinajstić information content (AvgIpc) is 2.87. The van der Waals surface area contributed by atoms with Gasteiger partial charge in [0.1, 0.15) is 36.9 Å². The maximum absolute atomic E-state index is 11.6. The summed E-state index contributed by atoms with van der Waals surface area (Å²) >= 11 is 6.48. The van der Waals surface area contributed by atoms with E-state index in [1.54, 1.807) is 30.3 Å². The summed E-state index contributed by atoms with van der Waals surface area (Å²) in [5.74, 6) is 1.74. The molecule has 9 heteroatoms. The highest BCUT2D eigenvalue weighted by Gasteiger charge is 2.16. The van der Waals surface area contributed by atoms with E-state index >= 15 is 0 Å². The minimum atomic E-state index is -0.0961. The van der Waals surface area contributed by atoms with Crippen LogP contribution in [0.15, 0.2) is 67.1 Å². The molecule has 8 nitrogen and oxygen atoms in total. The Labute approximate surface area is 208 Å². The molecule has 0 radical (unpaired) electrons. The number of fused-ring (bicyclic) bond motifs is 1. The third-order valence-electron chi connectivity index (χ3n) is 5.56. The zero-order valence-electron chi connectivity index (χ0n) is 19.7. The van der Waals surface area contributed by atoms with Crippen molar-refractivity contribution in [2.45, 2.75) is 26.5 Å². The van der Waals surface area contributed by atoms with Crippen LogP contribution in [0, 0.1) is 0 Å². The Balaban J connectivity index is 1.53. The molecule has 180 valence electrons. The molecule has 2 aromatic heterocycles. The molecule has 1 atom stereocenters. The first-order valence-electron chi connectivity index (χ1n) is 11.1. The number of carbonyl (C=O) groups is 1. The summed E-state index contributed by atoms with van der Waals surface area (Å²) in [7, 11) is 1.75. The quantitative estimate of drug-likeness (QED) is 0.342. The van der Waals surface area contributed by atoms with Gasteiger partial charge in [-0.1, -0.05) is 23.7 Å². The molecule has 0 aliphatic heterocycles. The van der Waals surface area contributed by atoms with Gasteiger partial charge in [0.15, 0.2) is 0 Å². The standard InChI is InChI=1S/C26H26ClN5O3/c1-17(32(3)18(2)33)14-34-24-9-6-8-22-25(24)26(30-16-29-22)31-19-10-11-23(21(27)13-19)35-15-20-7-4-5-12-28-20/h4-13,16-17H,14-15H2,1-3H3,(H,29,30,31). The smallest absolute Gasteiger partial charge is 0.219 e. The lowest BCUT2D eigenvalue weighted by molar-refractivity contribution is -0.129. The van der Waals surface area contributed by atoms with Crippen LogP contribution in [-0.4, -0.2) is 45.5 Å². The fourth-order valence-corrected chi connectivity index (χ4v) is 3.63. The Morgan fingerprint density at radius 1 is 1.06 bits per heavy atom. The Morgan fingerprint density at radius 2 is 1.91 bits per heavy atom. The van der Waals surface area contributed by atoms with Crippen LogP contribution < -0.4 is 14.8 Å². The largest absolute Gasteiger partial charge is 0.491 e. The lowest BCUT2D eigenvalue weighted by Crippen LogP contribution is -2.37. The highest BCUT2D eigenvalue weighted by molar-refractivity contribution is 6.32. The molecular weight excluding hydrogens is 466 g/mol. The molecule has 0 saturated heterocycles. The number of hydrogen-bond acceptors (Lipinski definition) is 7. The molecule has 4 aromatic rings. The second-order valence-corrected chi connectivity index (χ2v) is 8.45. The molecule has 1 N–H and O–H groups in total. The number of anilines is 2. The van der Waals surface area contributed by atoms with Crippen LogP contribution in [0.25, 0.3) is 10.9 Å². The van der Waals surface area contributed by atoms with Gasteiger partial charge in [-0.3, -0.25) is 9.78 Å². The molecule has 0 aliphatic rings. The van der Waals surface area contributed by atoms with Crippen molar-refractivity contribution in [1.29, 1.82) is 0 Å². The molecule has 4 rings (SSSR count). The van der Waals surface area contributed by atoms with Gasteiger partial charge in [0.05, 0.1) is 27.7 Å². The molecule has 2 heterocycles. The molecule has 0 spiro atoms. The van der Waals surface area contributed by atoms with Crippen molar-refractivity contribution >= 4 is 39.9 Å². The van der Waals surface area contributed by atoms with Crippen LogP contribution in [0.2, 0.25) is 5.02 Å². The zero-order valence-corrected chi connectivity index (χ0v) is 20.5. The van der Waals surface area contributed by atoms with Crippen molar-refractivity contribution < 1.29 is 14.3 Å². The second-order valence-electron chi connectivity index (χ2n) is 8.04. The number of halogens is 1. The Bertz CT molecular complexity index is 1310. The molecule has 2 aromatic carbocycles. The lowest BCUT2D eigenvalue weighted by atomic mass is 10.2.